The molecule has 0 aliphatic heterocycles. The van der Waals surface area contributed by atoms with Crippen LogP contribution in [0.15, 0.2) is 24.3 Å². The third-order valence-corrected chi connectivity index (χ3v) is 6.19. The summed E-state index contributed by atoms with van der Waals surface area (Å²) in [4.78, 5) is 12.2. The quantitative estimate of drug-likeness (QED) is 0.904. The molecule has 0 spiro atoms. The topological polar surface area (TPSA) is 62.1 Å². The highest BCUT2D eigenvalue weighted by atomic mass is 16.5. The van der Waals surface area contributed by atoms with Gasteiger partial charge in [0.05, 0.1) is 5.56 Å². The summed E-state index contributed by atoms with van der Waals surface area (Å²) in [6.45, 7) is 0.768. The van der Waals surface area contributed by atoms with Crippen LogP contribution in [0, 0.1) is 34.5 Å². The number of nitrogens with one attached hydrogen (secondary N) is 1. The maximum absolute atomic E-state index is 12.2. The van der Waals surface area contributed by atoms with Gasteiger partial charge >= 0.3 is 0 Å². The number of hydrogen-bond donors (Lipinski definition) is 1. The zero-order valence-corrected chi connectivity index (χ0v) is 14.0. The highest BCUT2D eigenvalue weighted by Crippen LogP contribution is 2.59. The molecule has 1 N–H and O–H groups in total. The van der Waals surface area contributed by atoms with Crippen molar-refractivity contribution >= 4 is 5.91 Å². The Morgan fingerprint density at radius 2 is 1.79 bits per heavy atom. The van der Waals surface area contributed by atoms with Gasteiger partial charge in [-0.2, -0.15) is 5.26 Å². The van der Waals surface area contributed by atoms with Crippen molar-refractivity contribution in [2.45, 2.75) is 38.5 Å². The molecular weight excluding hydrogens is 300 g/mol. The molecule has 4 heteroatoms. The Morgan fingerprint density at radius 3 is 2.42 bits per heavy atom. The summed E-state index contributed by atoms with van der Waals surface area (Å²) < 4.78 is 5.53. The van der Waals surface area contributed by atoms with Crippen molar-refractivity contribution in [2.24, 2.45) is 23.2 Å². The van der Waals surface area contributed by atoms with E-state index in [1.165, 1.54) is 38.5 Å². The summed E-state index contributed by atoms with van der Waals surface area (Å²) in [7, 11) is 0. The number of nitrogens with zero attached hydrogens (tertiary/aromatic N) is 1. The van der Waals surface area contributed by atoms with Gasteiger partial charge in [0.2, 0.25) is 0 Å². The first-order valence-corrected chi connectivity index (χ1v) is 9.04. The molecule has 5 rings (SSSR count). The Morgan fingerprint density at radius 1 is 1.17 bits per heavy atom. The summed E-state index contributed by atoms with van der Waals surface area (Å²) in [5.41, 5.74) is 0.806. The van der Waals surface area contributed by atoms with E-state index >= 15 is 0 Å². The molecule has 0 heterocycles. The average Bonchev–Trinajstić information content (AvgIpc) is 2.57. The van der Waals surface area contributed by atoms with Gasteiger partial charge in [-0.3, -0.25) is 4.79 Å². The third-order valence-electron chi connectivity index (χ3n) is 6.19. The Bertz CT molecular complexity index is 641. The molecule has 4 aliphatic rings. The van der Waals surface area contributed by atoms with Gasteiger partial charge in [-0.05, 0) is 73.8 Å². The number of benzene rings is 1. The zero-order chi connectivity index (χ0) is 16.6. The van der Waals surface area contributed by atoms with Crippen molar-refractivity contribution in [1.82, 2.24) is 5.32 Å². The van der Waals surface area contributed by atoms with E-state index in [1.807, 2.05) is 6.07 Å². The van der Waals surface area contributed by atoms with E-state index in [0.29, 0.717) is 16.7 Å². The van der Waals surface area contributed by atoms with Gasteiger partial charge in [0.15, 0.2) is 6.61 Å². The number of carbonyl (C=O) groups excluding carboxylic acids is 1. The summed E-state index contributed by atoms with van der Waals surface area (Å²) in [6, 6.07) is 9.11. The Hall–Kier alpha value is -2.02. The second-order valence-electron chi connectivity index (χ2n) is 8.09. The number of rotatable bonds is 5. The standard InChI is InChI=1S/C20H24N2O2/c21-11-17-3-1-2-4-18(17)24-12-19(23)22-13-20-8-14-5-15(9-20)7-16(6-14)10-20/h1-4,14-16H,5-10,12-13H2,(H,22,23). The van der Waals surface area contributed by atoms with Crippen molar-refractivity contribution in [3.8, 4) is 11.8 Å². The molecule has 4 bridgehead atoms. The molecule has 1 aromatic carbocycles. The van der Waals surface area contributed by atoms with E-state index in [4.69, 9.17) is 10.00 Å². The van der Waals surface area contributed by atoms with Crippen LogP contribution in [0.2, 0.25) is 0 Å². The lowest BCUT2D eigenvalue weighted by atomic mass is 9.49. The minimum Gasteiger partial charge on any atom is -0.482 e. The van der Waals surface area contributed by atoms with Gasteiger partial charge < -0.3 is 10.1 Å². The SMILES string of the molecule is N#Cc1ccccc1OCC(=O)NCC12CC3CC(CC(C3)C1)C2. The summed E-state index contributed by atoms with van der Waals surface area (Å²) in [5, 5.41) is 12.2. The maximum Gasteiger partial charge on any atom is 0.257 e. The van der Waals surface area contributed by atoms with Gasteiger partial charge in [-0.25, -0.2) is 0 Å². The van der Waals surface area contributed by atoms with Crippen LogP contribution in [0.4, 0.5) is 0 Å². The smallest absolute Gasteiger partial charge is 0.257 e. The lowest BCUT2D eigenvalue weighted by Crippen LogP contribution is -2.51. The monoisotopic (exact) mass is 324 g/mol. The molecule has 0 radical (unpaired) electrons. The molecule has 0 aromatic heterocycles. The van der Waals surface area contributed by atoms with Crippen LogP contribution < -0.4 is 10.1 Å². The second-order valence-corrected chi connectivity index (χ2v) is 8.09. The molecule has 126 valence electrons. The molecule has 4 saturated carbocycles. The lowest BCUT2D eigenvalue weighted by Gasteiger charge is -2.56. The van der Waals surface area contributed by atoms with Crippen molar-refractivity contribution < 1.29 is 9.53 Å². The van der Waals surface area contributed by atoms with Crippen molar-refractivity contribution in [3.63, 3.8) is 0 Å². The molecule has 4 fully saturated rings. The molecule has 4 nitrogen and oxygen atoms in total. The first-order chi connectivity index (χ1) is 11.7. The first-order valence-electron chi connectivity index (χ1n) is 9.04. The van der Waals surface area contributed by atoms with Crippen LogP contribution in [0.5, 0.6) is 5.75 Å². The van der Waals surface area contributed by atoms with E-state index in [9.17, 15) is 4.79 Å². The third kappa shape index (κ3) is 3.00. The van der Waals surface area contributed by atoms with Crippen molar-refractivity contribution in [1.29, 1.82) is 5.26 Å². The lowest BCUT2D eigenvalue weighted by molar-refractivity contribution is -0.125. The van der Waals surface area contributed by atoms with Crippen LogP contribution in [-0.4, -0.2) is 19.1 Å². The maximum atomic E-state index is 12.2. The highest BCUT2D eigenvalue weighted by Gasteiger charge is 2.50. The number of carbonyl (C=O) groups is 1. The molecule has 4 aliphatic carbocycles. The molecule has 24 heavy (non-hydrogen) atoms. The number of para-hydroxylation sites is 1. The van der Waals surface area contributed by atoms with E-state index < -0.39 is 0 Å². The minimum absolute atomic E-state index is 0.0228. The van der Waals surface area contributed by atoms with Gasteiger partial charge in [-0.15, -0.1) is 0 Å². The largest absolute Gasteiger partial charge is 0.482 e. The van der Waals surface area contributed by atoms with Crippen molar-refractivity contribution in [3.05, 3.63) is 29.8 Å². The Kier molecular flexibility index (Phi) is 3.96. The van der Waals surface area contributed by atoms with Crippen molar-refractivity contribution in [2.75, 3.05) is 13.2 Å². The predicted octanol–water partition coefficient (Wildman–Crippen LogP) is 3.27. The van der Waals surface area contributed by atoms with Gasteiger partial charge in [0, 0.05) is 6.54 Å². The number of amides is 1. The van der Waals surface area contributed by atoms with Crippen LogP contribution in [0.3, 0.4) is 0 Å². The van der Waals surface area contributed by atoms with Crippen LogP contribution in [0.1, 0.15) is 44.1 Å². The predicted molar refractivity (Wildman–Crippen MR) is 90.3 cm³/mol. The summed E-state index contributed by atoms with van der Waals surface area (Å²) >= 11 is 0. The fourth-order valence-electron chi connectivity index (χ4n) is 5.67. The average molecular weight is 324 g/mol. The molecule has 0 saturated heterocycles. The van der Waals surface area contributed by atoms with Crippen LogP contribution in [0.25, 0.3) is 0 Å². The molecule has 0 unspecified atom stereocenters. The van der Waals surface area contributed by atoms with Crippen LogP contribution >= 0.6 is 0 Å². The van der Waals surface area contributed by atoms with Crippen LogP contribution in [-0.2, 0) is 4.79 Å². The van der Waals surface area contributed by atoms with E-state index in [1.54, 1.807) is 18.2 Å². The van der Waals surface area contributed by atoms with E-state index in [-0.39, 0.29) is 12.5 Å². The van der Waals surface area contributed by atoms with Gasteiger partial charge in [-0.1, -0.05) is 12.1 Å². The zero-order valence-electron chi connectivity index (χ0n) is 14.0. The number of nitriles is 1. The fraction of sp³-hybridized carbons (Fsp3) is 0.600. The normalized spacial score (nSPS) is 33.0. The van der Waals surface area contributed by atoms with Gasteiger partial charge in [0.25, 0.3) is 5.91 Å². The number of ether oxygens (including phenoxy) is 1. The molecule has 0 atom stereocenters. The van der Waals surface area contributed by atoms with Gasteiger partial charge in [0.1, 0.15) is 11.8 Å². The van der Waals surface area contributed by atoms with E-state index in [2.05, 4.69) is 11.4 Å². The summed E-state index contributed by atoms with van der Waals surface area (Å²) in [6.07, 6.45) is 8.12. The number of hydrogen-bond acceptors (Lipinski definition) is 3. The van der Waals surface area contributed by atoms with E-state index in [0.717, 1.165) is 24.3 Å². The summed E-state index contributed by atoms with van der Waals surface area (Å²) in [5.74, 6) is 3.08. The second kappa shape index (κ2) is 6.12. The Labute approximate surface area is 143 Å². The molecule has 1 aromatic rings. The molecular formula is C20H24N2O2. The molecule has 1 amide bonds. The minimum atomic E-state index is -0.0847. The highest BCUT2D eigenvalue weighted by molar-refractivity contribution is 5.77. The fourth-order valence-corrected chi connectivity index (χ4v) is 5.67. The first kappa shape index (κ1) is 15.5. The Balaban J connectivity index is 1.30.